The molecule has 3 rings (SSSR count). The largest absolute Gasteiger partial charge is 0.379 e. The Hall–Kier alpha value is -1.39. The third kappa shape index (κ3) is 4.66. The molecule has 1 aromatic rings. The number of rotatable bonds is 3. The van der Waals surface area contributed by atoms with Gasteiger partial charge in [0.15, 0.2) is 0 Å². The molecule has 0 spiro atoms. The Balaban J connectivity index is 1.56. The molecule has 0 unspecified atom stereocenters. The number of morpholine rings is 1. The summed E-state index contributed by atoms with van der Waals surface area (Å²) in [5.41, 5.74) is 0.361. The molecular weight excluding hydrogens is 380 g/mol. The highest BCUT2D eigenvalue weighted by Gasteiger charge is 2.28. The van der Waals surface area contributed by atoms with Gasteiger partial charge in [0, 0.05) is 32.2 Å². The second kappa shape index (κ2) is 8.10. The van der Waals surface area contributed by atoms with Gasteiger partial charge in [0.25, 0.3) is 0 Å². The van der Waals surface area contributed by atoms with Crippen LogP contribution in [0, 0.1) is 0 Å². The lowest BCUT2D eigenvalue weighted by Crippen LogP contribution is -2.50. The summed E-state index contributed by atoms with van der Waals surface area (Å²) in [7, 11) is -3.83. The van der Waals surface area contributed by atoms with Crippen LogP contribution < -0.4 is 10.5 Å². The van der Waals surface area contributed by atoms with Crippen molar-refractivity contribution in [3.63, 3.8) is 0 Å². The second-order valence-corrected chi connectivity index (χ2v) is 8.45. The number of primary sulfonamides is 1. The van der Waals surface area contributed by atoms with E-state index in [4.69, 9.17) is 21.5 Å². The van der Waals surface area contributed by atoms with Crippen molar-refractivity contribution >= 4 is 33.3 Å². The number of benzene rings is 1. The van der Waals surface area contributed by atoms with Crippen LogP contribution in [0.15, 0.2) is 23.1 Å². The van der Waals surface area contributed by atoms with Crippen molar-refractivity contribution in [1.29, 1.82) is 0 Å². The molecule has 8 nitrogen and oxygen atoms in total. The van der Waals surface area contributed by atoms with Gasteiger partial charge in [-0.25, -0.2) is 18.4 Å². The van der Waals surface area contributed by atoms with E-state index >= 15 is 0 Å². The van der Waals surface area contributed by atoms with Crippen molar-refractivity contribution < 1.29 is 17.9 Å². The van der Waals surface area contributed by atoms with Crippen LogP contribution in [0.25, 0.3) is 0 Å². The number of amides is 2. The summed E-state index contributed by atoms with van der Waals surface area (Å²) in [6.07, 6.45) is 1.84. The minimum absolute atomic E-state index is 0.0909. The van der Waals surface area contributed by atoms with E-state index in [1.165, 1.54) is 18.2 Å². The van der Waals surface area contributed by atoms with Gasteiger partial charge in [0.05, 0.1) is 28.8 Å². The first-order valence-corrected chi connectivity index (χ1v) is 10.5. The first-order chi connectivity index (χ1) is 12.3. The zero-order chi connectivity index (χ0) is 18.7. The summed E-state index contributed by atoms with van der Waals surface area (Å²) in [5.74, 6) is 0. The standard InChI is InChI=1S/C16H23ClN4O4S/c17-14-11-13(26(18,23)24)1-2-15(14)19-16(22)21-5-3-12(4-6-21)20-7-9-25-10-8-20/h1-2,11-12H,3-10H2,(H,19,22)(H2,18,23,24). The quantitative estimate of drug-likeness (QED) is 0.793. The van der Waals surface area contributed by atoms with Gasteiger partial charge < -0.3 is 15.0 Å². The molecule has 0 radical (unpaired) electrons. The molecule has 2 saturated heterocycles. The highest BCUT2D eigenvalue weighted by atomic mass is 35.5. The zero-order valence-corrected chi connectivity index (χ0v) is 15.9. The number of sulfonamides is 1. The van der Waals surface area contributed by atoms with Crippen molar-refractivity contribution in [2.45, 2.75) is 23.8 Å². The monoisotopic (exact) mass is 402 g/mol. The molecule has 26 heavy (non-hydrogen) atoms. The molecule has 0 saturated carbocycles. The third-order valence-corrected chi connectivity index (χ3v) is 6.05. The van der Waals surface area contributed by atoms with Crippen molar-refractivity contribution in [3.8, 4) is 0 Å². The summed E-state index contributed by atoms with van der Waals surface area (Å²) in [6.45, 7) is 4.77. The molecule has 10 heteroatoms. The number of urea groups is 1. The molecule has 0 aromatic heterocycles. The molecule has 0 atom stereocenters. The molecule has 0 bridgehead atoms. The summed E-state index contributed by atoms with van der Waals surface area (Å²) >= 11 is 6.07. The van der Waals surface area contributed by atoms with Crippen LogP contribution >= 0.6 is 11.6 Å². The number of likely N-dealkylation sites (tertiary alicyclic amines) is 1. The smallest absolute Gasteiger partial charge is 0.321 e. The van der Waals surface area contributed by atoms with E-state index in [9.17, 15) is 13.2 Å². The minimum atomic E-state index is -3.83. The van der Waals surface area contributed by atoms with E-state index in [0.29, 0.717) is 24.8 Å². The lowest BCUT2D eigenvalue weighted by atomic mass is 10.0. The Labute approximate surface area is 158 Å². The van der Waals surface area contributed by atoms with Crippen LogP contribution in [-0.4, -0.2) is 69.7 Å². The van der Waals surface area contributed by atoms with Crippen LogP contribution in [0.1, 0.15) is 12.8 Å². The topological polar surface area (TPSA) is 105 Å². The number of nitrogens with two attached hydrogens (primary N) is 1. The average molecular weight is 403 g/mol. The second-order valence-electron chi connectivity index (χ2n) is 6.48. The molecule has 0 aliphatic carbocycles. The molecule has 2 aliphatic rings. The summed E-state index contributed by atoms with van der Waals surface area (Å²) in [5, 5.41) is 7.95. The molecule has 2 amide bonds. The minimum Gasteiger partial charge on any atom is -0.379 e. The fraction of sp³-hybridized carbons (Fsp3) is 0.562. The van der Waals surface area contributed by atoms with E-state index in [1.807, 2.05) is 0 Å². The number of piperidine rings is 1. The lowest BCUT2D eigenvalue weighted by Gasteiger charge is -2.40. The van der Waals surface area contributed by atoms with Crippen LogP contribution in [0.2, 0.25) is 5.02 Å². The number of halogens is 1. The van der Waals surface area contributed by atoms with Gasteiger partial charge >= 0.3 is 6.03 Å². The maximum atomic E-state index is 12.5. The Morgan fingerprint density at radius 1 is 1.19 bits per heavy atom. The van der Waals surface area contributed by atoms with Crippen molar-refractivity contribution in [2.24, 2.45) is 5.14 Å². The predicted octanol–water partition coefficient (Wildman–Crippen LogP) is 1.32. The summed E-state index contributed by atoms with van der Waals surface area (Å²) in [4.78, 5) is 16.6. The van der Waals surface area contributed by atoms with Gasteiger partial charge in [-0.3, -0.25) is 4.90 Å². The maximum Gasteiger partial charge on any atom is 0.321 e. The maximum absolute atomic E-state index is 12.5. The lowest BCUT2D eigenvalue weighted by molar-refractivity contribution is 0.00419. The predicted molar refractivity (Wildman–Crippen MR) is 98.8 cm³/mol. The first kappa shape index (κ1) is 19.4. The van der Waals surface area contributed by atoms with E-state index in [1.54, 1.807) is 4.90 Å². The van der Waals surface area contributed by atoms with E-state index in [2.05, 4.69) is 10.2 Å². The molecule has 2 aliphatic heterocycles. The molecule has 1 aromatic carbocycles. The average Bonchev–Trinajstić information content (AvgIpc) is 2.63. The summed E-state index contributed by atoms with van der Waals surface area (Å²) < 4.78 is 28.1. The molecule has 2 fully saturated rings. The Morgan fingerprint density at radius 2 is 1.85 bits per heavy atom. The van der Waals surface area contributed by atoms with Crippen LogP contribution in [0.4, 0.5) is 10.5 Å². The Bertz CT molecular complexity index is 760. The van der Waals surface area contributed by atoms with Crippen LogP contribution in [0.3, 0.4) is 0 Å². The fourth-order valence-corrected chi connectivity index (χ4v) is 4.18. The number of hydrogen-bond acceptors (Lipinski definition) is 5. The Morgan fingerprint density at radius 3 is 2.42 bits per heavy atom. The number of hydrogen-bond donors (Lipinski definition) is 2. The van der Waals surface area contributed by atoms with Gasteiger partial charge in [0.2, 0.25) is 10.0 Å². The highest BCUT2D eigenvalue weighted by Crippen LogP contribution is 2.26. The first-order valence-electron chi connectivity index (χ1n) is 8.54. The third-order valence-electron chi connectivity index (χ3n) is 4.82. The number of nitrogens with zero attached hydrogens (tertiary/aromatic N) is 2. The van der Waals surface area contributed by atoms with Gasteiger partial charge in [-0.2, -0.15) is 0 Å². The van der Waals surface area contributed by atoms with Crippen LogP contribution in [-0.2, 0) is 14.8 Å². The number of ether oxygens (including phenoxy) is 1. The normalized spacial score (nSPS) is 20.2. The van der Waals surface area contributed by atoms with Crippen LogP contribution in [0.5, 0.6) is 0 Å². The van der Waals surface area contributed by atoms with Gasteiger partial charge in [-0.05, 0) is 31.0 Å². The number of nitrogens with one attached hydrogen (secondary N) is 1. The molecule has 144 valence electrons. The van der Waals surface area contributed by atoms with E-state index in [-0.39, 0.29) is 15.9 Å². The molecule has 3 N–H and O–H groups in total. The summed E-state index contributed by atoms with van der Waals surface area (Å²) in [6, 6.07) is 4.25. The molecular formula is C16H23ClN4O4S. The number of anilines is 1. The highest BCUT2D eigenvalue weighted by molar-refractivity contribution is 7.89. The van der Waals surface area contributed by atoms with Gasteiger partial charge in [-0.15, -0.1) is 0 Å². The molecule has 2 heterocycles. The van der Waals surface area contributed by atoms with Crippen molar-refractivity contribution in [2.75, 3.05) is 44.7 Å². The number of carbonyl (C=O) groups is 1. The van der Waals surface area contributed by atoms with Crippen molar-refractivity contribution in [1.82, 2.24) is 9.80 Å². The number of carbonyl (C=O) groups excluding carboxylic acids is 1. The van der Waals surface area contributed by atoms with E-state index in [0.717, 1.165) is 39.1 Å². The van der Waals surface area contributed by atoms with Gasteiger partial charge in [0.1, 0.15) is 0 Å². The zero-order valence-electron chi connectivity index (χ0n) is 14.4. The fourth-order valence-electron chi connectivity index (χ4n) is 3.35. The van der Waals surface area contributed by atoms with Crippen molar-refractivity contribution in [3.05, 3.63) is 23.2 Å². The SMILES string of the molecule is NS(=O)(=O)c1ccc(NC(=O)N2CCC(N3CCOCC3)CC2)c(Cl)c1. The Kier molecular flexibility index (Phi) is 6.03. The van der Waals surface area contributed by atoms with E-state index < -0.39 is 10.0 Å². The van der Waals surface area contributed by atoms with Gasteiger partial charge in [-0.1, -0.05) is 11.6 Å².